The zero-order valence-corrected chi connectivity index (χ0v) is 13.4. The lowest BCUT2D eigenvalue weighted by Crippen LogP contribution is -2.42. The number of nitrogens with two attached hydrogens (primary N) is 1. The van der Waals surface area contributed by atoms with Gasteiger partial charge in [-0.1, -0.05) is 12.5 Å². The van der Waals surface area contributed by atoms with Gasteiger partial charge in [-0.3, -0.25) is 19.5 Å². The van der Waals surface area contributed by atoms with Crippen LogP contribution < -0.4 is 5.73 Å². The Kier molecular flexibility index (Phi) is 4.91. The van der Waals surface area contributed by atoms with Gasteiger partial charge in [-0.25, -0.2) is 0 Å². The van der Waals surface area contributed by atoms with Crippen molar-refractivity contribution in [3.8, 4) is 0 Å². The molecule has 2 fully saturated rings. The maximum absolute atomic E-state index is 12.6. The molecule has 23 heavy (non-hydrogen) atoms. The fraction of sp³-hybridized carbons (Fsp3) is 0.588. The number of aromatic nitrogens is 1. The smallest absolute Gasteiger partial charge is 0.272 e. The zero-order valence-electron chi connectivity index (χ0n) is 13.4. The quantitative estimate of drug-likeness (QED) is 0.894. The molecule has 3 rings (SSSR count). The molecule has 2 atom stereocenters. The molecule has 2 N–H and O–H groups in total. The van der Waals surface area contributed by atoms with Crippen LogP contribution in [-0.4, -0.2) is 58.8 Å². The van der Waals surface area contributed by atoms with Gasteiger partial charge >= 0.3 is 0 Å². The molecule has 6 nitrogen and oxygen atoms in total. The van der Waals surface area contributed by atoms with Crippen molar-refractivity contribution >= 4 is 11.8 Å². The molecule has 124 valence electrons. The van der Waals surface area contributed by atoms with E-state index in [1.807, 2.05) is 17.0 Å². The molecule has 2 saturated heterocycles. The molecule has 2 aliphatic rings. The van der Waals surface area contributed by atoms with Crippen LogP contribution in [0.2, 0.25) is 0 Å². The Labute approximate surface area is 136 Å². The van der Waals surface area contributed by atoms with E-state index in [0.717, 1.165) is 32.5 Å². The predicted octanol–water partition coefficient (Wildman–Crippen LogP) is 0.883. The number of pyridine rings is 1. The van der Waals surface area contributed by atoms with Crippen molar-refractivity contribution < 1.29 is 9.59 Å². The summed E-state index contributed by atoms with van der Waals surface area (Å²) in [5.41, 5.74) is 5.81. The minimum Gasteiger partial charge on any atom is -0.370 e. The van der Waals surface area contributed by atoms with Crippen molar-refractivity contribution in [2.45, 2.75) is 31.7 Å². The van der Waals surface area contributed by atoms with Crippen molar-refractivity contribution in [2.24, 2.45) is 11.7 Å². The van der Waals surface area contributed by atoms with Crippen LogP contribution in [0.4, 0.5) is 0 Å². The van der Waals surface area contributed by atoms with E-state index in [-0.39, 0.29) is 11.8 Å². The predicted molar refractivity (Wildman–Crippen MR) is 86.7 cm³/mol. The van der Waals surface area contributed by atoms with E-state index >= 15 is 0 Å². The van der Waals surface area contributed by atoms with Gasteiger partial charge in [0.25, 0.3) is 5.91 Å². The van der Waals surface area contributed by atoms with E-state index in [0.29, 0.717) is 30.6 Å². The van der Waals surface area contributed by atoms with Gasteiger partial charge in [-0.15, -0.1) is 0 Å². The number of likely N-dealkylation sites (tertiary alicyclic amines) is 2. The summed E-state index contributed by atoms with van der Waals surface area (Å²) in [5, 5.41) is 0. The van der Waals surface area contributed by atoms with Gasteiger partial charge in [0.05, 0.1) is 0 Å². The van der Waals surface area contributed by atoms with Crippen LogP contribution in [0.3, 0.4) is 0 Å². The summed E-state index contributed by atoms with van der Waals surface area (Å²) in [6.45, 7) is 3.19. The van der Waals surface area contributed by atoms with Crippen molar-refractivity contribution in [1.82, 2.24) is 14.8 Å². The average molecular weight is 316 g/mol. The Morgan fingerprint density at radius 1 is 1.26 bits per heavy atom. The van der Waals surface area contributed by atoms with Crippen LogP contribution in [-0.2, 0) is 4.79 Å². The standard InChI is InChI=1S/C17H24N4O2/c18-16(22)7-10-20-9-4-2-5-13-11-21(12-15(13)20)17(23)14-6-1-3-8-19-14/h1,3,6,8,13,15H,2,4-5,7,9-12H2,(H2,18,22)/t13-,15+/m0/s1. The van der Waals surface area contributed by atoms with Crippen LogP contribution in [0.5, 0.6) is 0 Å². The van der Waals surface area contributed by atoms with Gasteiger partial charge in [0, 0.05) is 38.3 Å². The third-order valence-corrected chi connectivity index (χ3v) is 4.96. The van der Waals surface area contributed by atoms with Gasteiger partial charge in [0.15, 0.2) is 0 Å². The Bertz CT molecular complexity index is 563. The van der Waals surface area contributed by atoms with Crippen molar-refractivity contribution in [1.29, 1.82) is 0 Å². The summed E-state index contributed by atoms with van der Waals surface area (Å²) in [7, 11) is 0. The molecule has 0 spiro atoms. The topological polar surface area (TPSA) is 79.5 Å². The number of carbonyl (C=O) groups is 2. The molecule has 0 aliphatic carbocycles. The fourth-order valence-electron chi connectivity index (χ4n) is 3.79. The molecule has 0 bridgehead atoms. The molecule has 2 aliphatic heterocycles. The number of hydrogen-bond acceptors (Lipinski definition) is 4. The summed E-state index contributed by atoms with van der Waals surface area (Å²) < 4.78 is 0. The number of carbonyl (C=O) groups excluding carboxylic acids is 2. The van der Waals surface area contributed by atoms with Gasteiger partial charge in [0.1, 0.15) is 5.69 Å². The fourth-order valence-corrected chi connectivity index (χ4v) is 3.79. The van der Waals surface area contributed by atoms with Crippen LogP contribution in [0.25, 0.3) is 0 Å². The average Bonchev–Trinajstić information content (AvgIpc) is 2.89. The number of amides is 2. The van der Waals surface area contributed by atoms with E-state index in [9.17, 15) is 9.59 Å². The molecule has 0 aromatic carbocycles. The van der Waals surface area contributed by atoms with Crippen LogP contribution in [0.15, 0.2) is 24.4 Å². The summed E-state index contributed by atoms with van der Waals surface area (Å²) in [4.78, 5) is 32.2. The monoisotopic (exact) mass is 316 g/mol. The van der Waals surface area contributed by atoms with E-state index < -0.39 is 0 Å². The Morgan fingerprint density at radius 2 is 2.13 bits per heavy atom. The van der Waals surface area contributed by atoms with E-state index in [1.54, 1.807) is 12.3 Å². The normalized spacial score (nSPS) is 25.0. The maximum Gasteiger partial charge on any atom is 0.272 e. The zero-order chi connectivity index (χ0) is 16.2. The van der Waals surface area contributed by atoms with Gasteiger partial charge < -0.3 is 10.6 Å². The van der Waals surface area contributed by atoms with Crippen molar-refractivity contribution in [3.05, 3.63) is 30.1 Å². The molecule has 0 saturated carbocycles. The van der Waals surface area contributed by atoms with E-state index in [4.69, 9.17) is 5.73 Å². The number of nitrogens with zero attached hydrogens (tertiary/aromatic N) is 3. The van der Waals surface area contributed by atoms with Crippen molar-refractivity contribution in [2.75, 3.05) is 26.2 Å². The first-order valence-electron chi connectivity index (χ1n) is 8.38. The lowest BCUT2D eigenvalue weighted by molar-refractivity contribution is -0.118. The maximum atomic E-state index is 12.6. The van der Waals surface area contributed by atoms with Crippen molar-refractivity contribution in [3.63, 3.8) is 0 Å². The van der Waals surface area contributed by atoms with Crippen LogP contribution in [0, 0.1) is 5.92 Å². The molecule has 3 heterocycles. The van der Waals surface area contributed by atoms with E-state index in [2.05, 4.69) is 9.88 Å². The summed E-state index contributed by atoms with van der Waals surface area (Å²) in [5.74, 6) is 0.233. The Balaban J connectivity index is 1.69. The highest BCUT2D eigenvalue weighted by atomic mass is 16.2. The minimum atomic E-state index is -0.259. The SMILES string of the molecule is NC(=O)CCN1CCCC[C@H]2CN(C(=O)c3ccccn3)C[C@H]21. The lowest BCUT2D eigenvalue weighted by Gasteiger charge is -2.29. The molecule has 2 amide bonds. The second-order valence-corrected chi connectivity index (χ2v) is 6.50. The number of fused-ring (bicyclic) bond motifs is 1. The molecule has 0 unspecified atom stereocenters. The first kappa shape index (κ1) is 15.9. The Morgan fingerprint density at radius 3 is 2.87 bits per heavy atom. The number of hydrogen-bond donors (Lipinski definition) is 1. The molecule has 0 radical (unpaired) electrons. The van der Waals surface area contributed by atoms with Crippen LogP contribution in [0.1, 0.15) is 36.2 Å². The lowest BCUT2D eigenvalue weighted by atomic mass is 9.98. The third-order valence-electron chi connectivity index (χ3n) is 4.96. The number of rotatable bonds is 4. The summed E-state index contributed by atoms with van der Waals surface area (Å²) in [6, 6.07) is 5.76. The molecule has 6 heteroatoms. The summed E-state index contributed by atoms with van der Waals surface area (Å²) >= 11 is 0. The Hall–Kier alpha value is -1.95. The minimum absolute atomic E-state index is 0.00789. The highest BCUT2D eigenvalue weighted by Gasteiger charge is 2.39. The second kappa shape index (κ2) is 7.08. The van der Waals surface area contributed by atoms with Gasteiger partial charge in [-0.05, 0) is 37.4 Å². The largest absolute Gasteiger partial charge is 0.370 e. The third kappa shape index (κ3) is 3.69. The number of primary amides is 1. The first-order chi connectivity index (χ1) is 11.1. The summed E-state index contributed by atoms with van der Waals surface area (Å²) in [6.07, 6.45) is 5.52. The van der Waals surface area contributed by atoms with Gasteiger partial charge in [0.2, 0.25) is 5.91 Å². The second-order valence-electron chi connectivity index (χ2n) is 6.50. The highest BCUT2D eigenvalue weighted by Crippen LogP contribution is 2.30. The van der Waals surface area contributed by atoms with Crippen LogP contribution >= 0.6 is 0 Å². The molecule has 1 aromatic rings. The first-order valence-corrected chi connectivity index (χ1v) is 8.38. The molecule has 1 aromatic heterocycles. The van der Waals surface area contributed by atoms with E-state index in [1.165, 1.54) is 6.42 Å². The molecular weight excluding hydrogens is 292 g/mol. The molecular formula is C17H24N4O2. The van der Waals surface area contributed by atoms with Gasteiger partial charge in [-0.2, -0.15) is 0 Å². The highest BCUT2D eigenvalue weighted by molar-refractivity contribution is 5.92.